The van der Waals surface area contributed by atoms with Crippen LogP contribution in [0.3, 0.4) is 0 Å². The van der Waals surface area contributed by atoms with Crippen LogP contribution in [0.25, 0.3) is 0 Å². The zero-order valence-corrected chi connectivity index (χ0v) is 5.71. The molecule has 0 N–H and O–H groups in total. The lowest BCUT2D eigenvalue weighted by atomic mass is 10.5. The van der Waals surface area contributed by atoms with E-state index in [2.05, 4.69) is 0 Å². The Balaban J connectivity index is 3.33. The van der Waals surface area contributed by atoms with Gasteiger partial charge in [0.25, 0.3) is 0 Å². The summed E-state index contributed by atoms with van der Waals surface area (Å²) < 4.78 is 0. The molecule has 0 aromatic rings. The van der Waals surface area contributed by atoms with Crippen LogP contribution in [0.2, 0.25) is 0 Å². The third kappa shape index (κ3) is 3.22. The van der Waals surface area contributed by atoms with Gasteiger partial charge >= 0.3 is 0 Å². The van der Waals surface area contributed by atoms with E-state index in [0.717, 1.165) is 0 Å². The smallest absolute Gasteiger partial charge is 0.115 e. The molecule has 0 saturated carbocycles. The van der Waals surface area contributed by atoms with Crippen LogP contribution >= 0.6 is 34.8 Å². The fourth-order valence-corrected chi connectivity index (χ4v) is 0.252. The van der Waals surface area contributed by atoms with Gasteiger partial charge in [-0.3, -0.25) is 0 Å². The minimum atomic E-state index is -0.605. The highest BCUT2D eigenvalue weighted by Crippen LogP contribution is 2.13. The first-order valence-electron chi connectivity index (χ1n) is 1.65. The van der Waals surface area contributed by atoms with E-state index in [1.165, 1.54) is 6.08 Å². The topological polar surface area (TPSA) is 0 Å². The molecule has 0 heterocycles. The lowest BCUT2D eigenvalue weighted by molar-refractivity contribution is 1.17. The second kappa shape index (κ2) is 3.59. The molecular formula is C4H4Cl3. The Morgan fingerprint density at radius 3 is 1.71 bits per heavy atom. The molecule has 0 aliphatic carbocycles. The summed E-state index contributed by atoms with van der Waals surface area (Å²) in [4.78, 5) is -0.605. The number of halogens is 3. The van der Waals surface area contributed by atoms with Gasteiger partial charge in [-0.2, -0.15) is 0 Å². The highest BCUT2D eigenvalue weighted by molar-refractivity contribution is 6.48. The fraction of sp³-hybridized carbons (Fsp3) is 0.500. The van der Waals surface area contributed by atoms with Gasteiger partial charge in [0.05, 0.1) is 5.38 Å². The first-order valence-corrected chi connectivity index (χ1v) is 2.96. The van der Waals surface area contributed by atoms with Crippen molar-refractivity contribution in [2.24, 2.45) is 0 Å². The maximum absolute atomic E-state index is 5.36. The molecule has 0 aromatic carbocycles. The fourth-order valence-electron chi connectivity index (χ4n) is 0.0840. The summed E-state index contributed by atoms with van der Waals surface area (Å²) in [7, 11) is 0. The Hall–Kier alpha value is 0.610. The SMILES string of the molecule is [CH]=CC(Cl)C(Cl)Cl. The highest BCUT2D eigenvalue weighted by Gasteiger charge is 2.06. The zero-order valence-electron chi connectivity index (χ0n) is 3.44. The van der Waals surface area contributed by atoms with Gasteiger partial charge in [-0.25, -0.2) is 0 Å². The van der Waals surface area contributed by atoms with Crippen LogP contribution in [0.4, 0.5) is 0 Å². The van der Waals surface area contributed by atoms with Crippen LogP contribution in [0.5, 0.6) is 0 Å². The summed E-state index contributed by atoms with van der Waals surface area (Å²) in [6.45, 7) is 4.95. The predicted molar refractivity (Wildman–Crippen MR) is 34.0 cm³/mol. The lowest BCUT2D eigenvalue weighted by Gasteiger charge is -1.99. The molecule has 1 atom stereocenters. The second-order valence-corrected chi connectivity index (χ2v) is 2.64. The molecule has 41 valence electrons. The Morgan fingerprint density at radius 1 is 1.29 bits per heavy atom. The highest BCUT2D eigenvalue weighted by atomic mass is 35.5. The normalized spacial score (nSPS) is 14.3. The van der Waals surface area contributed by atoms with E-state index in [9.17, 15) is 0 Å². The van der Waals surface area contributed by atoms with Gasteiger partial charge in [-0.15, -0.1) is 34.8 Å². The summed E-state index contributed by atoms with van der Waals surface area (Å²) in [5.41, 5.74) is 0. The molecule has 0 aromatic heterocycles. The standard InChI is InChI=1S/C4H4Cl3/c1-2-3(5)4(6)7/h1-4H. The van der Waals surface area contributed by atoms with Gasteiger partial charge in [0, 0.05) is 0 Å². The molecule has 0 fully saturated rings. The van der Waals surface area contributed by atoms with Gasteiger partial charge in [0.2, 0.25) is 0 Å². The number of hydrogen-bond acceptors (Lipinski definition) is 0. The van der Waals surface area contributed by atoms with Gasteiger partial charge < -0.3 is 0 Å². The lowest BCUT2D eigenvalue weighted by Crippen LogP contribution is -2.02. The van der Waals surface area contributed by atoms with Crippen LogP contribution < -0.4 is 0 Å². The van der Waals surface area contributed by atoms with Crippen LogP contribution in [-0.2, 0) is 0 Å². The van der Waals surface area contributed by atoms with E-state index in [1.807, 2.05) is 0 Å². The van der Waals surface area contributed by atoms with Crippen molar-refractivity contribution in [2.75, 3.05) is 0 Å². The van der Waals surface area contributed by atoms with Crippen molar-refractivity contribution < 1.29 is 0 Å². The van der Waals surface area contributed by atoms with Crippen molar-refractivity contribution in [3.05, 3.63) is 12.7 Å². The summed E-state index contributed by atoms with van der Waals surface area (Å²) in [5.74, 6) is 0. The molecular weight excluding hydrogens is 154 g/mol. The Labute approximate surface area is 58.1 Å². The van der Waals surface area contributed by atoms with Crippen molar-refractivity contribution in [3.63, 3.8) is 0 Å². The van der Waals surface area contributed by atoms with E-state index >= 15 is 0 Å². The Kier molecular flexibility index (Phi) is 3.91. The van der Waals surface area contributed by atoms with Crippen molar-refractivity contribution >= 4 is 34.8 Å². The van der Waals surface area contributed by atoms with E-state index in [0.29, 0.717) is 0 Å². The van der Waals surface area contributed by atoms with Crippen LogP contribution in [-0.4, -0.2) is 10.2 Å². The first-order chi connectivity index (χ1) is 3.18. The molecule has 0 nitrogen and oxygen atoms in total. The number of allylic oxidation sites excluding steroid dienone is 1. The van der Waals surface area contributed by atoms with Gasteiger partial charge in [0.15, 0.2) is 0 Å². The van der Waals surface area contributed by atoms with E-state index in [-0.39, 0.29) is 0 Å². The average molecular weight is 158 g/mol. The van der Waals surface area contributed by atoms with Crippen molar-refractivity contribution in [3.8, 4) is 0 Å². The minimum Gasteiger partial charge on any atom is -0.115 e. The number of hydrogen-bond donors (Lipinski definition) is 0. The summed E-state index contributed by atoms with van der Waals surface area (Å²) in [6.07, 6.45) is 1.24. The van der Waals surface area contributed by atoms with Crippen LogP contribution in [0, 0.1) is 6.58 Å². The molecule has 0 saturated heterocycles. The Morgan fingerprint density at radius 2 is 1.71 bits per heavy atom. The molecule has 0 spiro atoms. The number of alkyl halides is 3. The van der Waals surface area contributed by atoms with Gasteiger partial charge in [-0.05, 0) is 0 Å². The van der Waals surface area contributed by atoms with Crippen molar-refractivity contribution in [1.29, 1.82) is 0 Å². The summed E-state index contributed by atoms with van der Waals surface area (Å²) >= 11 is 15.9. The molecule has 0 bridgehead atoms. The second-order valence-electron chi connectivity index (χ2n) is 0.971. The molecule has 1 radical (unpaired) electrons. The van der Waals surface area contributed by atoms with E-state index in [4.69, 9.17) is 41.4 Å². The number of rotatable bonds is 2. The third-order valence-electron chi connectivity index (χ3n) is 0.425. The quantitative estimate of drug-likeness (QED) is 0.541. The summed E-state index contributed by atoms with van der Waals surface area (Å²) in [6, 6.07) is 0. The molecule has 0 rings (SSSR count). The van der Waals surface area contributed by atoms with Crippen molar-refractivity contribution in [2.45, 2.75) is 10.2 Å². The average Bonchev–Trinajstić information content (AvgIpc) is 1.65. The van der Waals surface area contributed by atoms with E-state index < -0.39 is 10.2 Å². The van der Waals surface area contributed by atoms with Crippen LogP contribution in [0.1, 0.15) is 0 Å². The molecule has 0 amide bonds. The molecule has 1 unspecified atom stereocenters. The maximum atomic E-state index is 5.36. The van der Waals surface area contributed by atoms with E-state index in [1.54, 1.807) is 0 Å². The van der Waals surface area contributed by atoms with Crippen molar-refractivity contribution in [1.82, 2.24) is 0 Å². The van der Waals surface area contributed by atoms with Gasteiger partial charge in [-0.1, -0.05) is 12.7 Å². The molecule has 7 heavy (non-hydrogen) atoms. The third-order valence-corrected chi connectivity index (χ3v) is 1.62. The first kappa shape index (κ1) is 7.61. The molecule has 3 heteroatoms. The monoisotopic (exact) mass is 157 g/mol. The molecule has 0 aliphatic rings. The van der Waals surface area contributed by atoms with Gasteiger partial charge in [0.1, 0.15) is 4.84 Å². The van der Waals surface area contributed by atoms with Crippen LogP contribution in [0.15, 0.2) is 6.08 Å². The molecule has 0 aliphatic heterocycles. The Bertz CT molecular complexity index is 60.0. The largest absolute Gasteiger partial charge is 0.127 e. The summed E-state index contributed by atoms with van der Waals surface area (Å²) in [5, 5.41) is -0.441. The zero-order chi connectivity index (χ0) is 5.86. The minimum absolute atomic E-state index is 0.441. The maximum Gasteiger partial charge on any atom is 0.127 e. The predicted octanol–water partition coefficient (Wildman–Crippen LogP) is 2.39.